The molecule has 7 heteroatoms. The highest BCUT2D eigenvalue weighted by molar-refractivity contribution is 5.90. The first-order chi connectivity index (χ1) is 13.0. The zero-order chi connectivity index (χ0) is 19.0. The first kappa shape index (κ1) is 16.7. The summed E-state index contributed by atoms with van der Waals surface area (Å²) in [6.45, 7) is 0. The van der Waals surface area contributed by atoms with Gasteiger partial charge in [0.15, 0.2) is 5.52 Å². The zero-order valence-electron chi connectivity index (χ0n) is 13.8. The van der Waals surface area contributed by atoms with Gasteiger partial charge in [-0.15, -0.1) is 0 Å². The molecule has 3 aromatic carbocycles. The van der Waals surface area contributed by atoms with E-state index < -0.39 is 16.6 Å². The van der Waals surface area contributed by atoms with Crippen LogP contribution in [0.5, 0.6) is 0 Å². The summed E-state index contributed by atoms with van der Waals surface area (Å²) in [5, 5.41) is 11.3. The van der Waals surface area contributed by atoms with Crippen LogP contribution in [-0.2, 0) is 0 Å². The van der Waals surface area contributed by atoms with E-state index >= 15 is 0 Å². The van der Waals surface area contributed by atoms with Crippen LogP contribution in [-0.4, -0.2) is 14.9 Å². The van der Waals surface area contributed by atoms with Crippen LogP contribution in [0.3, 0.4) is 0 Å². The lowest BCUT2D eigenvalue weighted by molar-refractivity contribution is -0.383. The van der Waals surface area contributed by atoms with Crippen LogP contribution in [0.4, 0.5) is 14.5 Å². The van der Waals surface area contributed by atoms with E-state index in [0.717, 1.165) is 0 Å². The number of hydrogen-bond donors (Lipinski definition) is 0. The molecule has 4 rings (SSSR count). The molecule has 0 bridgehead atoms. The summed E-state index contributed by atoms with van der Waals surface area (Å²) >= 11 is 0. The summed E-state index contributed by atoms with van der Waals surface area (Å²) in [6.07, 6.45) is 0. The van der Waals surface area contributed by atoms with Crippen molar-refractivity contribution in [3.8, 4) is 22.5 Å². The number of benzene rings is 3. The molecule has 4 aromatic rings. The number of fused-ring (bicyclic) bond motifs is 1. The van der Waals surface area contributed by atoms with Crippen molar-refractivity contribution in [1.29, 1.82) is 0 Å². The van der Waals surface area contributed by atoms with E-state index in [2.05, 4.69) is 9.97 Å². The van der Waals surface area contributed by atoms with Gasteiger partial charge >= 0.3 is 0 Å². The Morgan fingerprint density at radius 1 is 0.741 bits per heavy atom. The minimum atomic E-state index is -0.525. The molecule has 0 saturated heterocycles. The first-order valence-electron chi connectivity index (χ1n) is 8.00. The molecule has 0 atom stereocenters. The Bertz CT molecular complexity index is 1160. The van der Waals surface area contributed by atoms with E-state index in [1.807, 2.05) is 0 Å². The van der Waals surface area contributed by atoms with Gasteiger partial charge in [-0.2, -0.15) is 0 Å². The lowest BCUT2D eigenvalue weighted by atomic mass is 10.0. The number of para-hydroxylation sites is 1. The van der Waals surface area contributed by atoms with E-state index in [9.17, 15) is 18.9 Å². The quantitative estimate of drug-likeness (QED) is 0.373. The molecule has 0 aliphatic carbocycles. The number of halogens is 2. The van der Waals surface area contributed by atoms with Crippen molar-refractivity contribution in [3.63, 3.8) is 0 Å². The number of nitro benzene ring substituents is 1. The summed E-state index contributed by atoms with van der Waals surface area (Å²) in [6, 6.07) is 15.8. The summed E-state index contributed by atoms with van der Waals surface area (Å²) in [5.74, 6) is -0.812. The van der Waals surface area contributed by atoms with E-state index in [1.165, 1.54) is 48.5 Å². The predicted molar refractivity (Wildman–Crippen MR) is 97.0 cm³/mol. The molecular weight excluding hydrogens is 352 g/mol. The van der Waals surface area contributed by atoms with Crippen molar-refractivity contribution in [3.05, 3.63) is 88.5 Å². The SMILES string of the molecule is O=[N+]([O-])c1cccc2nc(-c3ccc(F)cc3)c(-c3ccc(F)cc3)nc12. The average molecular weight is 363 g/mol. The molecule has 0 fully saturated rings. The van der Waals surface area contributed by atoms with Crippen molar-refractivity contribution in [2.45, 2.75) is 0 Å². The van der Waals surface area contributed by atoms with E-state index in [1.54, 1.807) is 18.2 Å². The van der Waals surface area contributed by atoms with Gasteiger partial charge < -0.3 is 0 Å². The maximum absolute atomic E-state index is 13.3. The molecular formula is C20H11F2N3O2. The van der Waals surface area contributed by atoms with Crippen LogP contribution in [0.25, 0.3) is 33.5 Å². The molecule has 5 nitrogen and oxygen atoms in total. The second kappa shape index (κ2) is 6.53. The molecule has 132 valence electrons. The molecule has 0 aliphatic heterocycles. The van der Waals surface area contributed by atoms with Gasteiger partial charge in [-0.3, -0.25) is 10.1 Å². The first-order valence-corrected chi connectivity index (χ1v) is 8.00. The Morgan fingerprint density at radius 3 is 1.78 bits per heavy atom. The van der Waals surface area contributed by atoms with Crippen molar-refractivity contribution in [1.82, 2.24) is 9.97 Å². The number of non-ortho nitro benzene ring substituents is 1. The van der Waals surface area contributed by atoms with Gasteiger partial charge in [0.05, 0.1) is 21.8 Å². The van der Waals surface area contributed by atoms with Crippen LogP contribution >= 0.6 is 0 Å². The Labute approximate surface area is 152 Å². The normalized spacial score (nSPS) is 10.9. The largest absolute Gasteiger partial charge is 0.297 e. The highest BCUT2D eigenvalue weighted by Crippen LogP contribution is 2.33. The standard InChI is InChI=1S/C20H11F2N3O2/c21-14-8-4-12(5-9-14)18-19(13-6-10-15(22)11-7-13)24-20-16(23-18)2-1-3-17(20)25(26)27/h1-11H. The fraction of sp³-hybridized carbons (Fsp3) is 0. The Balaban J connectivity index is 2.05. The van der Waals surface area contributed by atoms with Gasteiger partial charge in [-0.1, -0.05) is 6.07 Å². The van der Waals surface area contributed by atoms with Gasteiger partial charge in [0.25, 0.3) is 5.69 Å². The van der Waals surface area contributed by atoms with Crippen LogP contribution in [0.1, 0.15) is 0 Å². The fourth-order valence-corrected chi connectivity index (χ4v) is 2.83. The number of nitrogens with zero attached hydrogens (tertiary/aromatic N) is 3. The molecule has 0 N–H and O–H groups in total. The van der Waals surface area contributed by atoms with Gasteiger partial charge in [0.2, 0.25) is 0 Å². The number of rotatable bonds is 3. The van der Waals surface area contributed by atoms with Gasteiger partial charge in [-0.25, -0.2) is 18.7 Å². The van der Waals surface area contributed by atoms with Crippen LogP contribution < -0.4 is 0 Å². The molecule has 1 heterocycles. The van der Waals surface area contributed by atoms with Gasteiger partial charge in [0, 0.05) is 17.2 Å². The third-order valence-corrected chi connectivity index (χ3v) is 4.11. The van der Waals surface area contributed by atoms with Gasteiger partial charge in [0.1, 0.15) is 11.6 Å². The molecule has 0 radical (unpaired) electrons. The third kappa shape index (κ3) is 3.10. The van der Waals surface area contributed by atoms with Gasteiger partial charge in [-0.05, 0) is 54.6 Å². The molecule has 0 saturated carbocycles. The molecule has 1 aromatic heterocycles. The highest BCUT2D eigenvalue weighted by Gasteiger charge is 2.19. The van der Waals surface area contributed by atoms with E-state index in [4.69, 9.17) is 0 Å². The lowest BCUT2D eigenvalue weighted by Crippen LogP contribution is -1.98. The smallest absolute Gasteiger partial charge is 0.258 e. The Kier molecular flexibility index (Phi) is 4.04. The second-order valence-corrected chi connectivity index (χ2v) is 5.84. The summed E-state index contributed by atoms with van der Waals surface area (Å²) in [5.41, 5.74) is 2.22. The number of aromatic nitrogens is 2. The topological polar surface area (TPSA) is 68.9 Å². The predicted octanol–water partition coefficient (Wildman–Crippen LogP) is 5.15. The molecule has 0 unspecified atom stereocenters. The summed E-state index contributed by atoms with van der Waals surface area (Å²) in [4.78, 5) is 19.8. The highest BCUT2D eigenvalue weighted by atomic mass is 19.1. The monoisotopic (exact) mass is 363 g/mol. The molecule has 27 heavy (non-hydrogen) atoms. The summed E-state index contributed by atoms with van der Waals surface area (Å²) < 4.78 is 26.6. The van der Waals surface area contributed by atoms with E-state index in [0.29, 0.717) is 28.0 Å². The third-order valence-electron chi connectivity index (χ3n) is 4.11. The number of hydrogen-bond acceptors (Lipinski definition) is 4. The van der Waals surface area contributed by atoms with Crippen molar-refractivity contribution in [2.75, 3.05) is 0 Å². The second-order valence-electron chi connectivity index (χ2n) is 5.84. The van der Waals surface area contributed by atoms with Crippen molar-refractivity contribution >= 4 is 16.7 Å². The average Bonchev–Trinajstić information content (AvgIpc) is 2.67. The maximum Gasteiger partial charge on any atom is 0.297 e. The number of nitro groups is 1. The molecule has 0 amide bonds. The van der Waals surface area contributed by atoms with Crippen LogP contribution in [0, 0.1) is 21.7 Å². The van der Waals surface area contributed by atoms with Crippen molar-refractivity contribution < 1.29 is 13.7 Å². The van der Waals surface area contributed by atoms with Crippen molar-refractivity contribution in [2.24, 2.45) is 0 Å². The van der Waals surface area contributed by atoms with E-state index in [-0.39, 0.29) is 11.2 Å². The van der Waals surface area contributed by atoms with Crippen LogP contribution in [0.15, 0.2) is 66.7 Å². The minimum Gasteiger partial charge on any atom is -0.258 e. The lowest BCUT2D eigenvalue weighted by Gasteiger charge is -2.11. The molecule has 0 spiro atoms. The maximum atomic E-state index is 13.3. The Morgan fingerprint density at radius 2 is 1.26 bits per heavy atom. The summed E-state index contributed by atoms with van der Waals surface area (Å²) in [7, 11) is 0. The Hall–Kier alpha value is -3.74. The fourth-order valence-electron chi connectivity index (χ4n) is 2.83. The molecule has 0 aliphatic rings. The zero-order valence-corrected chi connectivity index (χ0v) is 13.8. The minimum absolute atomic E-state index is 0.132. The van der Waals surface area contributed by atoms with Crippen LogP contribution in [0.2, 0.25) is 0 Å².